The van der Waals surface area contributed by atoms with Crippen molar-refractivity contribution in [2.75, 3.05) is 7.11 Å². The summed E-state index contributed by atoms with van der Waals surface area (Å²) >= 11 is 0. The molecule has 0 unspecified atom stereocenters. The number of hydrogen-bond donors (Lipinski definition) is 2. The van der Waals surface area contributed by atoms with Crippen LogP contribution < -0.4 is 0 Å². The molecular weight excluding hydrogens is 422 g/mol. The van der Waals surface area contributed by atoms with E-state index in [-0.39, 0.29) is 10.8 Å². The van der Waals surface area contributed by atoms with Crippen molar-refractivity contribution in [2.45, 2.75) is 105 Å². The van der Waals surface area contributed by atoms with Gasteiger partial charge in [-0.2, -0.15) is 0 Å². The van der Waals surface area contributed by atoms with E-state index in [4.69, 9.17) is 4.84 Å². The number of rotatable bonds is 7. The quantitative estimate of drug-likeness (QED) is 0.242. The fraction of sp³-hybridized carbons (Fsp3) is 0.700. The van der Waals surface area contributed by atoms with E-state index in [1.807, 2.05) is 0 Å². The Bertz CT molecular complexity index is 872. The van der Waals surface area contributed by atoms with E-state index in [2.05, 4.69) is 64.6 Å². The van der Waals surface area contributed by atoms with Gasteiger partial charge in [-0.05, 0) is 79.8 Å². The first kappa shape index (κ1) is 26.9. The van der Waals surface area contributed by atoms with Gasteiger partial charge in [-0.25, -0.2) is 0 Å². The van der Waals surface area contributed by atoms with Gasteiger partial charge in [0.2, 0.25) is 0 Å². The van der Waals surface area contributed by atoms with Crippen LogP contribution in [0.25, 0.3) is 0 Å². The Kier molecular flexibility index (Phi) is 8.68. The zero-order chi connectivity index (χ0) is 25.1. The van der Waals surface area contributed by atoms with Gasteiger partial charge in [0.25, 0.3) is 0 Å². The minimum absolute atomic E-state index is 0.0379. The number of oxime groups is 1. The molecule has 0 aromatic heterocycles. The molecule has 0 spiro atoms. The zero-order valence-corrected chi connectivity index (χ0v) is 22.4. The summed E-state index contributed by atoms with van der Waals surface area (Å²) in [7, 11) is 1.64. The highest BCUT2D eigenvalue weighted by Crippen LogP contribution is 2.57. The fourth-order valence-corrected chi connectivity index (χ4v) is 6.48. The predicted octanol–water partition coefficient (Wildman–Crippen LogP) is 6.90. The molecule has 34 heavy (non-hydrogen) atoms. The first-order valence-electron chi connectivity index (χ1n) is 13.2. The minimum atomic E-state index is -0.627. The van der Waals surface area contributed by atoms with Gasteiger partial charge in [0.05, 0.1) is 17.9 Å². The van der Waals surface area contributed by atoms with Crippen LogP contribution >= 0.6 is 0 Å². The van der Waals surface area contributed by atoms with E-state index in [1.54, 1.807) is 12.7 Å². The van der Waals surface area contributed by atoms with Crippen molar-refractivity contribution in [3.63, 3.8) is 0 Å². The van der Waals surface area contributed by atoms with Crippen LogP contribution in [0.4, 0.5) is 0 Å². The van der Waals surface area contributed by atoms with Crippen LogP contribution in [0, 0.1) is 22.7 Å². The van der Waals surface area contributed by atoms with Crippen molar-refractivity contribution >= 4 is 5.71 Å². The van der Waals surface area contributed by atoms with Crippen LogP contribution in [0.2, 0.25) is 0 Å². The van der Waals surface area contributed by atoms with Crippen LogP contribution in [0.15, 0.2) is 52.3 Å². The molecule has 3 aliphatic rings. The Morgan fingerprint density at radius 3 is 2.74 bits per heavy atom. The molecule has 3 rings (SSSR count). The number of allylic oxidation sites excluding steroid dienone is 5. The number of hydrogen-bond acceptors (Lipinski definition) is 4. The topological polar surface area (TPSA) is 62.0 Å². The second kappa shape index (κ2) is 11.0. The molecule has 2 saturated carbocycles. The second-order valence-corrected chi connectivity index (χ2v) is 12.1. The Hall–Kier alpha value is -1.65. The van der Waals surface area contributed by atoms with E-state index >= 15 is 0 Å². The molecule has 3 aliphatic carbocycles. The lowest BCUT2D eigenvalue weighted by Crippen LogP contribution is -2.32. The lowest BCUT2D eigenvalue weighted by atomic mass is 9.62. The molecule has 4 heteroatoms. The van der Waals surface area contributed by atoms with Gasteiger partial charge in [-0.15, -0.1) is 0 Å². The van der Waals surface area contributed by atoms with Gasteiger partial charge in [0.15, 0.2) is 0 Å². The van der Waals surface area contributed by atoms with Gasteiger partial charge in [0, 0.05) is 11.8 Å². The lowest BCUT2D eigenvalue weighted by molar-refractivity contribution is 0.0862. The van der Waals surface area contributed by atoms with Crippen LogP contribution in [-0.4, -0.2) is 35.2 Å². The highest BCUT2D eigenvalue weighted by Gasteiger charge is 2.45. The average Bonchev–Trinajstić information content (AvgIpc) is 3.11. The maximum absolute atomic E-state index is 10.2. The molecule has 2 N–H and O–H groups in total. The maximum Gasteiger partial charge on any atom is 0.106 e. The first-order valence-corrected chi connectivity index (χ1v) is 13.2. The third-order valence-corrected chi connectivity index (χ3v) is 8.52. The molecule has 0 amide bonds. The largest absolute Gasteiger partial charge is 0.399 e. The summed E-state index contributed by atoms with van der Waals surface area (Å²) in [5.41, 5.74) is 6.34. The molecule has 5 atom stereocenters. The number of aliphatic hydroxyl groups is 2. The molecule has 0 saturated heterocycles. The van der Waals surface area contributed by atoms with Crippen molar-refractivity contribution in [3.8, 4) is 0 Å². The van der Waals surface area contributed by atoms with Crippen LogP contribution in [0.1, 0.15) is 92.4 Å². The Morgan fingerprint density at radius 1 is 1.32 bits per heavy atom. The average molecular weight is 470 g/mol. The van der Waals surface area contributed by atoms with Crippen LogP contribution in [0.5, 0.6) is 0 Å². The Balaban J connectivity index is 1.67. The Labute approximate surface area is 207 Å². The third-order valence-electron chi connectivity index (χ3n) is 8.52. The van der Waals surface area contributed by atoms with Crippen molar-refractivity contribution in [3.05, 3.63) is 47.1 Å². The summed E-state index contributed by atoms with van der Waals surface area (Å²) in [6, 6.07) is 0. The molecule has 0 heterocycles. The molecule has 190 valence electrons. The number of nitrogens with zero attached hydrogens (tertiary/aromatic N) is 1. The molecular formula is C30H47NO3. The van der Waals surface area contributed by atoms with Crippen LogP contribution in [-0.2, 0) is 4.84 Å². The summed E-state index contributed by atoms with van der Waals surface area (Å²) in [5, 5.41) is 24.6. The third kappa shape index (κ3) is 5.94. The molecule has 0 aliphatic heterocycles. The van der Waals surface area contributed by atoms with Crippen molar-refractivity contribution < 1.29 is 15.1 Å². The summed E-state index contributed by atoms with van der Waals surface area (Å²) in [4.78, 5) is 5.10. The SMILES string of the molecule is C=C1C(=CC=C2CCC[C@]3(C)C([C@H](C)CCCC(=NOC)C(C)(C)C)=CC[C@@H]23)C[C@@H](O)C[C@@H]1O. The summed E-state index contributed by atoms with van der Waals surface area (Å²) in [6.07, 6.45) is 14.8. The highest BCUT2D eigenvalue weighted by atomic mass is 16.6. The molecule has 4 nitrogen and oxygen atoms in total. The monoisotopic (exact) mass is 469 g/mol. The normalized spacial score (nSPS) is 33.8. The lowest BCUT2D eigenvalue weighted by Gasteiger charge is -2.42. The molecule has 2 fully saturated rings. The summed E-state index contributed by atoms with van der Waals surface area (Å²) < 4.78 is 0. The number of aliphatic hydroxyl groups excluding tert-OH is 2. The van der Waals surface area contributed by atoms with E-state index in [0.717, 1.165) is 42.5 Å². The van der Waals surface area contributed by atoms with E-state index < -0.39 is 12.2 Å². The highest BCUT2D eigenvalue weighted by molar-refractivity contribution is 5.88. The Morgan fingerprint density at radius 2 is 2.06 bits per heavy atom. The van der Waals surface area contributed by atoms with E-state index in [9.17, 15) is 10.2 Å². The molecule has 0 aromatic rings. The molecule has 0 bridgehead atoms. The summed E-state index contributed by atoms with van der Waals surface area (Å²) in [5.74, 6) is 1.13. The minimum Gasteiger partial charge on any atom is -0.399 e. The predicted molar refractivity (Wildman–Crippen MR) is 142 cm³/mol. The van der Waals surface area contributed by atoms with E-state index in [1.165, 1.54) is 24.8 Å². The van der Waals surface area contributed by atoms with Gasteiger partial charge in [-0.3, -0.25) is 0 Å². The first-order chi connectivity index (χ1) is 16.0. The smallest absolute Gasteiger partial charge is 0.106 e. The van der Waals surface area contributed by atoms with Gasteiger partial charge < -0.3 is 15.1 Å². The van der Waals surface area contributed by atoms with E-state index in [0.29, 0.717) is 24.7 Å². The van der Waals surface area contributed by atoms with Crippen molar-refractivity contribution in [1.82, 2.24) is 0 Å². The van der Waals surface area contributed by atoms with Gasteiger partial charge in [-0.1, -0.05) is 75.7 Å². The van der Waals surface area contributed by atoms with Gasteiger partial charge >= 0.3 is 0 Å². The second-order valence-electron chi connectivity index (χ2n) is 12.1. The fourth-order valence-electron chi connectivity index (χ4n) is 6.48. The zero-order valence-electron chi connectivity index (χ0n) is 22.4. The van der Waals surface area contributed by atoms with Gasteiger partial charge in [0.1, 0.15) is 7.11 Å². The molecule has 0 radical (unpaired) electrons. The number of fused-ring (bicyclic) bond motifs is 1. The standard InChI is InChI=1S/C30H47NO3/c1-20(10-8-12-28(31-34-7)29(3,4)5)25-15-16-26-22(11-9-17-30(25,26)6)13-14-23-18-24(32)19-27(33)21(23)2/h13-15,20,24,26-27,32-33H,2,8-12,16-19H2,1,3-7H3/t20-,24-,26+,27+,30-/m1/s1. The summed E-state index contributed by atoms with van der Waals surface area (Å²) in [6.45, 7) is 15.6. The molecule has 0 aromatic carbocycles. The van der Waals surface area contributed by atoms with Crippen molar-refractivity contribution in [1.29, 1.82) is 0 Å². The van der Waals surface area contributed by atoms with Crippen molar-refractivity contribution in [2.24, 2.45) is 27.8 Å². The van der Waals surface area contributed by atoms with Crippen LogP contribution in [0.3, 0.4) is 0 Å². The maximum atomic E-state index is 10.2.